The maximum atomic E-state index is 12.2. The summed E-state index contributed by atoms with van der Waals surface area (Å²) in [6.07, 6.45) is -2.25. The molecule has 0 bridgehead atoms. The van der Waals surface area contributed by atoms with Crippen LogP contribution in [-0.2, 0) is 37.0 Å². The van der Waals surface area contributed by atoms with Crippen LogP contribution in [0.5, 0.6) is 0 Å². The van der Waals surface area contributed by atoms with E-state index in [-0.39, 0.29) is 17.6 Å². The normalized spacial score (nSPS) is 27.5. The van der Waals surface area contributed by atoms with E-state index >= 15 is 0 Å². The van der Waals surface area contributed by atoms with Gasteiger partial charge in [-0.25, -0.2) is 0 Å². The molecule has 0 spiro atoms. The quantitative estimate of drug-likeness (QED) is 0.647. The molecule has 1 fully saturated rings. The number of hydrogen-bond acceptors (Lipinski definition) is 7. The molecule has 0 aromatic heterocycles. The zero-order valence-electron chi connectivity index (χ0n) is 18.2. The third-order valence-electron chi connectivity index (χ3n) is 5.53. The molecule has 2 aromatic carbocycles. The van der Waals surface area contributed by atoms with E-state index in [0.29, 0.717) is 23.9 Å². The van der Waals surface area contributed by atoms with Crippen LogP contribution in [0.4, 0.5) is 0 Å². The topological polar surface area (TPSA) is 74.2 Å². The van der Waals surface area contributed by atoms with Gasteiger partial charge in [0.05, 0.1) is 24.7 Å². The Morgan fingerprint density at radius 2 is 1.53 bits per heavy atom. The van der Waals surface area contributed by atoms with Gasteiger partial charge in [-0.3, -0.25) is 4.79 Å². The van der Waals surface area contributed by atoms with Crippen molar-refractivity contribution in [2.45, 2.75) is 56.9 Å². The number of Topliss-reactive ketones (excluding diaryl/α,β-unsaturated/α-hetero) is 1. The van der Waals surface area contributed by atoms with Gasteiger partial charge in [-0.15, -0.1) is 11.8 Å². The number of allylic oxidation sites excluding steroid dienone is 2. The monoisotopic (exact) mass is 456 g/mol. The lowest BCUT2D eigenvalue weighted by atomic mass is 10.00. The predicted molar refractivity (Wildman–Crippen MR) is 122 cm³/mol. The van der Waals surface area contributed by atoms with Gasteiger partial charge in [0.25, 0.3) is 0 Å². The van der Waals surface area contributed by atoms with E-state index in [4.69, 9.17) is 18.9 Å². The summed E-state index contributed by atoms with van der Waals surface area (Å²) in [7, 11) is 0. The van der Waals surface area contributed by atoms with Crippen molar-refractivity contribution in [2.75, 3.05) is 6.61 Å². The van der Waals surface area contributed by atoms with Crippen LogP contribution in [0.1, 0.15) is 25.0 Å². The van der Waals surface area contributed by atoms with Gasteiger partial charge in [-0.1, -0.05) is 60.7 Å². The highest BCUT2D eigenvalue weighted by molar-refractivity contribution is 8.04. The van der Waals surface area contributed by atoms with E-state index in [1.54, 1.807) is 6.92 Å². The lowest BCUT2D eigenvalue weighted by Crippen LogP contribution is -2.60. The van der Waals surface area contributed by atoms with Gasteiger partial charge < -0.3 is 24.1 Å². The number of aliphatic hydroxyl groups excluding tert-OH is 1. The molecule has 7 heteroatoms. The van der Waals surface area contributed by atoms with Crippen LogP contribution in [0.3, 0.4) is 0 Å². The number of carbonyl (C=O) groups excluding carboxylic acids is 1. The van der Waals surface area contributed by atoms with Gasteiger partial charge in [-0.2, -0.15) is 0 Å². The Hall–Kier alpha value is -2.16. The Balaban J connectivity index is 1.59. The number of fused-ring (bicyclic) bond motifs is 1. The Bertz CT molecular complexity index is 932. The standard InChI is InChI=1S/C25H28O6S/c1-16(27)23-17(2)30-25-24(32-23)22(29-15-19-11-7-4-8-12-19)21(20(13-26)31-25)28-14-18-9-5-3-6-10-18/h3-12,20-22,24-26H,13-15H2,1-2H3/t20-,21-,22+,24+,25-/m1/s1. The summed E-state index contributed by atoms with van der Waals surface area (Å²) < 4.78 is 24.7. The minimum Gasteiger partial charge on any atom is -0.467 e. The molecule has 32 heavy (non-hydrogen) atoms. The number of benzene rings is 2. The fourth-order valence-electron chi connectivity index (χ4n) is 3.95. The summed E-state index contributed by atoms with van der Waals surface area (Å²) in [5.41, 5.74) is 2.04. The van der Waals surface area contributed by atoms with Crippen molar-refractivity contribution >= 4 is 17.5 Å². The number of thioether (sulfide) groups is 1. The van der Waals surface area contributed by atoms with Gasteiger partial charge in [0, 0.05) is 0 Å². The maximum Gasteiger partial charge on any atom is 0.214 e. The van der Waals surface area contributed by atoms with Gasteiger partial charge >= 0.3 is 0 Å². The number of ketones is 1. The van der Waals surface area contributed by atoms with Crippen molar-refractivity contribution in [1.29, 1.82) is 0 Å². The second-order valence-electron chi connectivity index (χ2n) is 7.89. The van der Waals surface area contributed by atoms with Crippen molar-refractivity contribution in [2.24, 2.45) is 0 Å². The second kappa shape index (κ2) is 10.6. The van der Waals surface area contributed by atoms with Gasteiger partial charge in [-0.05, 0) is 25.0 Å². The summed E-state index contributed by atoms with van der Waals surface area (Å²) in [6.45, 7) is 3.78. The minimum absolute atomic E-state index is 0.0567. The highest BCUT2D eigenvalue weighted by Gasteiger charge is 2.51. The largest absolute Gasteiger partial charge is 0.467 e. The summed E-state index contributed by atoms with van der Waals surface area (Å²) in [6, 6.07) is 19.7. The van der Waals surface area contributed by atoms with E-state index in [2.05, 4.69) is 0 Å². The maximum absolute atomic E-state index is 12.2. The molecule has 6 nitrogen and oxygen atoms in total. The smallest absolute Gasteiger partial charge is 0.214 e. The third kappa shape index (κ3) is 5.24. The fourth-order valence-corrected chi connectivity index (χ4v) is 5.20. The van der Waals surface area contributed by atoms with Crippen LogP contribution >= 0.6 is 11.8 Å². The molecule has 0 aliphatic carbocycles. The first-order valence-corrected chi connectivity index (χ1v) is 11.6. The number of hydrogen-bond donors (Lipinski definition) is 1. The van der Waals surface area contributed by atoms with Crippen LogP contribution in [0, 0.1) is 0 Å². The first-order chi connectivity index (χ1) is 15.6. The summed E-state index contributed by atoms with van der Waals surface area (Å²) in [4.78, 5) is 12.7. The molecule has 2 aromatic rings. The predicted octanol–water partition coefficient (Wildman–Crippen LogP) is 3.83. The Kier molecular flexibility index (Phi) is 7.65. The molecule has 170 valence electrons. The van der Waals surface area contributed by atoms with Crippen molar-refractivity contribution in [3.05, 3.63) is 82.5 Å². The lowest BCUT2D eigenvalue weighted by molar-refractivity contribution is -0.263. The van der Waals surface area contributed by atoms with Crippen molar-refractivity contribution < 1.29 is 28.8 Å². The van der Waals surface area contributed by atoms with Crippen LogP contribution in [0.15, 0.2) is 71.3 Å². The van der Waals surface area contributed by atoms with E-state index in [0.717, 1.165) is 11.1 Å². The van der Waals surface area contributed by atoms with Crippen molar-refractivity contribution in [3.63, 3.8) is 0 Å². The molecule has 0 amide bonds. The van der Waals surface area contributed by atoms with Crippen LogP contribution in [0.2, 0.25) is 0 Å². The molecule has 2 aliphatic rings. The fraction of sp³-hybridized carbons (Fsp3) is 0.400. The van der Waals surface area contributed by atoms with Crippen molar-refractivity contribution in [3.8, 4) is 0 Å². The van der Waals surface area contributed by atoms with E-state index in [9.17, 15) is 9.90 Å². The molecule has 2 aliphatic heterocycles. The Labute approximate surface area is 192 Å². The first kappa shape index (κ1) is 23.0. The Morgan fingerprint density at radius 3 is 2.06 bits per heavy atom. The number of carbonyl (C=O) groups is 1. The van der Waals surface area contributed by atoms with Crippen LogP contribution in [-0.4, -0.2) is 47.3 Å². The number of aliphatic hydroxyl groups is 1. The van der Waals surface area contributed by atoms with Gasteiger partial charge in [0.1, 0.15) is 29.3 Å². The number of ether oxygens (including phenoxy) is 4. The summed E-state index contributed by atoms with van der Waals surface area (Å²) >= 11 is 1.41. The van der Waals surface area contributed by atoms with Crippen LogP contribution < -0.4 is 0 Å². The first-order valence-electron chi connectivity index (χ1n) is 10.7. The average Bonchev–Trinajstić information content (AvgIpc) is 2.81. The minimum atomic E-state index is -0.641. The molecular weight excluding hydrogens is 428 g/mol. The molecular formula is C25H28O6S. The molecule has 0 saturated carbocycles. The molecule has 0 radical (unpaired) electrons. The van der Waals surface area contributed by atoms with Crippen molar-refractivity contribution in [1.82, 2.24) is 0 Å². The molecule has 2 heterocycles. The van der Waals surface area contributed by atoms with Gasteiger partial charge in [0.2, 0.25) is 6.29 Å². The van der Waals surface area contributed by atoms with E-state index in [1.807, 2.05) is 60.7 Å². The highest BCUT2D eigenvalue weighted by Crippen LogP contribution is 2.43. The highest BCUT2D eigenvalue weighted by atomic mass is 32.2. The average molecular weight is 457 g/mol. The van der Waals surface area contributed by atoms with E-state index < -0.39 is 24.6 Å². The molecule has 1 N–H and O–H groups in total. The van der Waals surface area contributed by atoms with E-state index in [1.165, 1.54) is 18.7 Å². The third-order valence-corrected chi connectivity index (χ3v) is 7.10. The lowest BCUT2D eigenvalue weighted by Gasteiger charge is -2.47. The molecule has 4 rings (SSSR count). The zero-order valence-corrected chi connectivity index (χ0v) is 19.0. The SMILES string of the molecule is CC(=O)C1=C(C)O[C@@H]2O[C@H](CO)[C@@H](OCc3ccccc3)[C@H](OCc3ccccc3)[C@@H]2S1. The number of rotatable bonds is 8. The van der Waals surface area contributed by atoms with Crippen LogP contribution in [0.25, 0.3) is 0 Å². The summed E-state index contributed by atoms with van der Waals surface area (Å²) in [5.74, 6) is 0.477. The van der Waals surface area contributed by atoms with Gasteiger partial charge in [0.15, 0.2) is 5.78 Å². The Morgan fingerprint density at radius 1 is 0.969 bits per heavy atom. The zero-order chi connectivity index (χ0) is 22.5. The second-order valence-corrected chi connectivity index (χ2v) is 9.08. The molecule has 0 unspecified atom stereocenters. The molecule has 1 saturated heterocycles. The molecule has 5 atom stereocenters. The summed E-state index contributed by atoms with van der Waals surface area (Å²) in [5, 5.41) is 9.75.